The number of ether oxygens (including phenoxy) is 2. The van der Waals surface area contributed by atoms with Crippen LogP contribution in [-0.2, 0) is 43.9 Å². The zero-order valence-electron chi connectivity index (χ0n) is 23.2. The van der Waals surface area contributed by atoms with E-state index >= 15 is 8.78 Å². The fourth-order valence-corrected chi connectivity index (χ4v) is 8.48. The summed E-state index contributed by atoms with van der Waals surface area (Å²) in [6.07, 6.45) is -8.33. The molecule has 26 heteroatoms. The number of fused-ring (bicyclic) bond motifs is 6. The lowest BCUT2D eigenvalue weighted by atomic mass is 10.1. The number of aromatic nitrogens is 10. The van der Waals surface area contributed by atoms with Crippen molar-refractivity contribution < 1.29 is 45.8 Å². The van der Waals surface area contributed by atoms with Crippen LogP contribution in [0.1, 0.15) is 12.5 Å². The highest BCUT2D eigenvalue weighted by Crippen LogP contribution is 2.58. The highest BCUT2D eigenvalue weighted by atomic mass is 32.7. The minimum atomic E-state index is -4.47. The van der Waals surface area contributed by atoms with Gasteiger partial charge in [-0.1, -0.05) is 17.5 Å². The Balaban J connectivity index is 1.12. The molecule has 3 aliphatic rings. The molecule has 3 fully saturated rings. The Morgan fingerprint density at radius 3 is 2.66 bits per heavy atom. The molecule has 250 valence electrons. The molecule has 4 N–H and O–H groups in total. The van der Waals surface area contributed by atoms with E-state index in [0.29, 0.717) is 0 Å². The summed E-state index contributed by atoms with van der Waals surface area (Å²) in [5, 5.41) is 7.73. The second-order valence-electron chi connectivity index (χ2n) is 10.6. The van der Waals surface area contributed by atoms with E-state index in [1.165, 1.54) is 27.7 Å². The number of rotatable bonds is 2. The number of nitrogens with two attached hydrogens (primary N) is 1. The molecule has 0 spiro atoms. The van der Waals surface area contributed by atoms with E-state index < -0.39 is 81.5 Å². The summed E-state index contributed by atoms with van der Waals surface area (Å²) in [6, 6.07) is 0. The normalized spacial score (nSPS) is 36.8. The molecule has 0 radical (unpaired) electrons. The van der Waals surface area contributed by atoms with Gasteiger partial charge in [0.25, 0.3) is 5.56 Å². The van der Waals surface area contributed by atoms with Crippen LogP contribution >= 0.6 is 25.8 Å². The Morgan fingerprint density at radius 1 is 1.04 bits per heavy atom. The fraction of sp³-hybridized carbons (Fsp3) is 0.476. The van der Waals surface area contributed by atoms with Gasteiger partial charge >= 0.3 is 13.5 Å². The molecule has 2 bridgehead atoms. The van der Waals surface area contributed by atoms with Gasteiger partial charge < -0.3 is 29.6 Å². The maximum absolute atomic E-state index is 16.0. The number of imidazole rings is 2. The second-order valence-corrected chi connectivity index (χ2v) is 16.2. The molecule has 47 heavy (non-hydrogen) atoms. The number of H-pyrrole nitrogens is 1. The number of alkyl halides is 2. The maximum Gasteiger partial charge on any atom is 0.386 e. The number of aromatic amines is 1. The van der Waals surface area contributed by atoms with Crippen LogP contribution < -0.4 is 11.3 Å². The SMILES string of the molecule is Nc1ncnc2c1nnn2[C@@H]1O[C@@H]2COP(O)(=S)O[C@@H]3[C@H](F)[C@@H](COP(=O)(S)O[C@H]2[C@@H]1F)O[C@H]3n1cnc2c(=O)n3ccnc3[nH]c21. The number of nitrogens with zero attached hydrogens (tertiary/aromatic N) is 9. The zero-order valence-corrected chi connectivity index (χ0v) is 26.7. The monoisotopic (exact) mass is 735 g/mol. The lowest BCUT2D eigenvalue weighted by Crippen LogP contribution is -2.34. The van der Waals surface area contributed by atoms with Gasteiger partial charge in [0, 0.05) is 12.4 Å². The van der Waals surface area contributed by atoms with E-state index in [-0.39, 0.29) is 33.9 Å². The largest absolute Gasteiger partial charge is 0.386 e. The molecule has 5 aromatic heterocycles. The summed E-state index contributed by atoms with van der Waals surface area (Å²) in [5.41, 5.74) is 5.44. The lowest BCUT2D eigenvalue weighted by molar-refractivity contribution is -0.0604. The highest BCUT2D eigenvalue weighted by Gasteiger charge is 2.54. The third-order valence-corrected chi connectivity index (χ3v) is 10.9. The van der Waals surface area contributed by atoms with Gasteiger partial charge in [-0.25, -0.2) is 37.7 Å². The van der Waals surface area contributed by atoms with Gasteiger partial charge in [-0.2, -0.15) is 4.68 Å². The first-order chi connectivity index (χ1) is 22.4. The molecule has 10 atom stereocenters. The highest BCUT2D eigenvalue weighted by molar-refractivity contribution is 8.44. The summed E-state index contributed by atoms with van der Waals surface area (Å²) < 4.78 is 82.5. The van der Waals surface area contributed by atoms with Crippen molar-refractivity contribution in [3.8, 4) is 0 Å². The molecule has 3 aliphatic heterocycles. The topological polar surface area (TPSA) is 243 Å². The first kappa shape index (κ1) is 31.3. The minimum absolute atomic E-state index is 0.0191. The molecule has 8 heterocycles. The van der Waals surface area contributed by atoms with Crippen LogP contribution in [0.15, 0.2) is 29.8 Å². The lowest BCUT2D eigenvalue weighted by Gasteiger charge is -2.27. The van der Waals surface area contributed by atoms with Crippen molar-refractivity contribution in [3.05, 3.63) is 35.4 Å². The van der Waals surface area contributed by atoms with E-state index in [2.05, 4.69) is 47.5 Å². The third kappa shape index (κ3) is 5.27. The molecule has 8 rings (SSSR count). The summed E-state index contributed by atoms with van der Waals surface area (Å²) >= 11 is 9.17. The average Bonchev–Trinajstić information content (AvgIpc) is 3.85. The third-order valence-electron chi connectivity index (χ3n) is 7.74. The number of nitrogens with one attached hydrogen (secondary N) is 1. The average molecular weight is 736 g/mol. The van der Waals surface area contributed by atoms with Crippen LogP contribution in [0.4, 0.5) is 14.6 Å². The maximum atomic E-state index is 16.0. The molecule has 2 unspecified atom stereocenters. The predicted molar refractivity (Wildman–Crippen MR) is 159 cm³/mol. The number of hydrogen-bond acceptors (Lipinski definition) is 16. The van der Waals surface area contributed by atoms with Crippen LogP contribution in [-0.4, -0.2) is 104 Å². The van der Waals surface area contributed by atoms with Crippen molar-refractivity contribution in [1.29, 1.82) is 0 Å². The van der Waals surface area contributed by atoms with Crippen LogP contribution in [0.2, 0.25) is 0 Å². The van der Waals surface area contributed by atoms with E-state index in [9.17, 15) is 14.3 Å². The van der Waals surface area contributed by atoms with E-state index in [1.807, 2.05) is 0 Å². The standard InChI is InChI=1S/C21H21F2N11O9P2S2/c22-9-7-3-38-44(36,46)42-13-8(41-19(10(13)23)34-16-11(30-31-34)15(24)26-5-27-16)4-39-45(37,47)43-14(9)20(40-7)33-6-28-12-17(33)29-21-25-1-2-32(21)18(12)35/h1-2,5-10,13-14,19-20H,3-4H2,(H,25,29)(H,36,46)(H,37,47)(H2,24,26,27)/t7-,8-,9-,10+,13-,14-,19-,20-,44?,45?/m1/s1. The Bertz CT molecular complexity index is 2190. The Hall–Kier alpha value is -3.02. The molecule has 20 nitrogen and oxygen atoms in total. The molecule has 0 amide bonds. The van der Waals surface area contributed by atoms with Crippen molar-refractivity contribution in [2.45, 2.75) is 49.2 Å². The molecule has 0 aromatic carbocycles. The van der Waals surface area contributed by atoms with Crippen molar-refractivity contribution in [2.75, 3.05) is 18.9 Å². The van der Waals surface area contributed by atoms with Crippen molar-refractivity contribution in [1.82, 2.24) is 48.9 Å². The van der Waals surface area contributed by atoms with Crippen LogP contribution in [0.25, 0.3) is 28.1 Å². The van der Waals surface area contributed by atoms with Gasteiger partial charge in [-0.15, -0.1) is 5.10 Å². The van der Waals surface area contributed by atoms with Gasteiger partial charge in [-0.05, 0) is 11.8 Å². The number of nitrogen functional groups attached to an aromatic ring is 1. The summed E-state index contributed by atoms with van der Waals surface area (Å²) in [5.74, 6) is 0.141. The number of thiol groups is 1. The van der Waals surface area contributed by atoms with Gasteiger partial charge in [0.15, 0.2) is 47.3 Å². The van der Waals surface area contributed by atoms with Gasteiger partial charge in [0.1, 0.15) is 36.4 Å². The van der Waals surface area contributed by atoms with Crippen LogP contribution in [0.3, 0.4) is 0 Å². The van der Waals surface area contributed by atoms with Gasteiger partial charge in [0.05, 0.1) is 19.5 Å². The van der Waals surface area contributed by atoms with E-state index in [1.54, 1.807) is 0 Å². The Morgan fingerprint density at radius 2 is 1.83 bits per heavy atom. The number of anilines is 1. The second kappa shape index (κ2) is 11.3. The first-order valence-corrected chi connectivity index (χ1v) is 18.8. The van der Waals surface area contributed by atoms with Gasteiger partial charge in [-0.3, -0.25) is 22.9 Å². The van der Waals surface area contributed by atoms with Gasteiger partial charge in [0.2, 0.25) is 5.78 Å². The predicted octanol–water partition coefficient (Wildman–Crippen LogP) is 0.732. The molecular weight excluding hydrogens is 714 g/mol. The van der Waals surface area contributed by atoms with E-state index in [4.69, 9.17) is 45.1 Å². The Labute approximate surface area is 269 Å². The molecular formula is C21H21F2N11O9P2S2. The van der Waals surface area contributed by atoms with Crippen LogP contribution in [0, 0.1) is 0 Å². The van der Waals surface area contributed by atoms with Crippen molar-refractivity contribution in [2.24, 2.45) is 0 Å². The molecule has 0 aliphatic carbocycles. The minimum Gasteiger partial charge on any atom is -0.382 e. The molecule has 0 saturated carbocycles. The molecule has 3 saturated heterocycles. The quantitative estimate of drug-likeness (QED) is 0.144. The summed E-state index contributed by atoms with van der Waals surface area (Å²) in [4.78, 5) is 43.0. The summed E-state index contributed by atoms with van der Waals surface area (Å²) in [6.45, 7) is -10.3. The van der Waals surface area contributed by atoms with E-state index in [0.717, 1.165) is 11.0 Å². The molecule has 5 aromatic rings. The van der Waals surface area contributed by atoms with Crippen LogP contribution in [0.5, 0.6) is 0 Å². The van der Waals surface area contributed by atoms with Crippen molar-refractivity contribution >= 4 is 71.5 Å². The zero-order chi connectivity index (χ0) is 32.8. The summed E-state index contributed by atoms with van der Waals surface area (Å²) in [7, 11) is 0. The number of halogens is 2. The Kier molecular flexibility index (Phi) is 7.50. The first-order valence-electron chi connectivity index (χ1n) is 13.5. The van der Waals surface area contributed by atoms with Crippen molar-refractivity contribution in [3.63, 3.8) is 0 Å². The number of hydrogen-bond donors (Lipinski definition) is 4. The fourth-order valence-electron chi connectivity index (χ4n) is 5.59. The smallest absolute Gasteiger partial charge is 0.382 e.